The Hall–Kier alpha value is -3.65. The second kappa shape index (κ2) is 11.6. The van der Waals surface area contributed by atoms with Crippen molar-refractivity contribution in [2.45, 2.75) is 19.6 Å². The van der Waals surface area contributed by atoms with Crippen LogP contribution >= 0.6 is 22.9 Å². The van der Waals surface area contributed by atoms with Crippen LogP contribution in [0.3, 0.4) is 0 Å². The average Bonchev–Trinajstić information content (AvgIpc) is 3.36. The second-order valence-electron chi connectivity index (χ2n) is 9.36. The lowest BCUT2D eigenvalue weighted by Crippen LogP contribution is -2.29. The number of fused-ring (bicyclic) bond motifs is 1. The smallest absolute Gasteiger partial charge is 0.264 e. The van der Waals surface area contributed by atoms with Crippen molar-refractivity contribution >= 4 is 54.6 Å². The zero-order valence-corrected chi connectivity index (χ0v) is 23.7. The summed E-state index contributed by atoms with van der Waals surface area (Å²) in [6.07, 6.45) is 1.20. The summed E-state index contributed by atoms with van der Waals surface area (Å²) in [6, 6.07) is 34.3. The third-order valence-corrected chi connectivity index (χ3v) is 8.85. The van der Waals surface area contributed by atoms with Crippen molar-refractivity contribution in [3.8, 4) is 0 Å². The van der Waals surface area contributed by atoms with Gasteiger partial charge in [0.1, 0.15) is 0 Å². The first kappa shape index (κ1) is 26.9. The molecule has 4 aromatic carbocycles. The van der Waals surface area contributed by atoms with Gasteiger partial charge in [0, 0.05) is 22.8 Å². The molecular weight excluding hydrogens is 548 g/mol. The van der Waals surface area contributed by atoms with E-state index in [4.69, 9.17) is 11.6 Å². The van der Waals surface area contributed by atoms with Gasteiger partial charge in [0.25, 0.3) is 5.91 Å². The Morgan fingerprint density at radius 2 is 1.31 bits per heavy atom. The minimum absolute atomic E-state index is 0.0633. The van der Waals surface area contributed by atoms with E-state index >= 15 is 0 Å². The number of amides is 1. The SMILES string of the molecule is CS(=O)(=O)N(Cc1ccc(Cl)cc1)c1ccc2sc(C(=O)N(Cc3ccccc3)Cc3ccccc3)cc2c1. The number of hydrogen-bond donors (Lipinski definition) is 0. The molecule has 0 saturated carbocycles. The lowest BCUT2D eigenvalue weighted by molar-refractivity contribution is 0.0735. The lowest BCUT2D eigenvalue weighted by atomic mass is 10.1. The number of carbonyl (C=O) groups is 1. The molecule has 0 radical (unpaired) electrons. The van der Waals surface area contributed by atoms with E-state index in [0.717, 1.165) is 26.8 Å². The molecule has 5 aromatic rings. The highest BCUT2D eigenvalue weighted by molar-refractivity contribution is 7.92. The van der Waals surface area contributed by atoms with Crippen LogP contribution < -0.4 is 4.31 Å². The van der Waals surface area contributed by atoms with Crippen LogP contribution in [0.15, 0.2) is 109 Å². The van der Waals surface area contributed by atoms with Crippen LogP contribution in [-0.2, 0) is 29.7 Å². The zero-order chi connectivity index (χ0) is 27.4. The number of halogens is 1. The molecule has 5 rings (SSSR count). The summed E-state index contributed by atoms with van der Waals surface area (Å²) in [4.78, 5) is 16.2. The number of benzene rings is 4. The number of carbonyl (C=O) groups excluding carboxylic acids is 1. The van der Waals surface area contributed by atoms with Crippen LogP contribution in [0.2, 0.25) is 5.02 Å². The molecule has 1 amide bonds. The third-order valence-electron chi connectivity index (χ3n) is 6.36. The van der Waals surface area contributed by atoms with Gasteiger partial charge in [0.2, 0.25) is 10.0 Å². The highest BCUT2D eigenvalue weighted by Crippen LogP contribution is 2.32. The van der Waals surface area contributed by atoms with Crippen LogP contribution in [0.5, 0.6) is 0 Å². The van der Waals surface area contributed by atoms with E-state index in [9.17, 15) is 13.2 Å². The van der Waals surface area contributed by atoms with Crippen LogP contribution in [0.4, 0.5) is 5.69 Å². The van der Waals surface area contributed by atoms with Gasteiger partial charge >= 0.3 is 0 Å². The molecule has 0 unspecified atom stereocenters. The normalized spacial score (nSPS) is 11.4. The molecule has 1 heterocycles. The standard InChI is InChI=1S/C31H27ClN2O3S2/c1-39(36,37)34(22-25-12-14-27(32)15-13-25)28-16-17-29-26(18-28)19-30(38-29)31(35)33(20-23-8-4-2-5-9-23)21-24-10-6-3-7-11-24/h2-19H,20-22H2,1H3. The molecule has 0 aliphatic heterocycles. The van der Waals surface area contributed by atoms with Crippen LogP contribution in [0.25, 0.3) is 10.1 Å². The molecular formula is C31H27ClN2O3S2. The van der Waals surface area contributed by atoms with E-state index in [1.54, 1.807) is 18.2 Å². The maximum absolute atomic E-state index is 13.8. The summed E-state index contributed by atoms with van der Waals surface area (Å²) in [5.41, 5.74) is 3.47. The topological polar surface area (TPSA) is 57.7 Å². The first-order chi connectivity index (χ1) is 18.8. The largest absolute Gasteiger partial charge is 0.329 e. The maximum Gasteiger partial charge on any atom is 0.264 e. The number of rotatable bonds is 9. The molecule has 5 nitrogen and oxygen atoms in total. The highest BCUT2D eigenvalue weighted by atomic mass is 35.5. The van der Waals surface area contributed by atoms with Crippen molar-refractivity contribution in [2.24, 2.45) is 0 Å². The molecule has 1 aromatic heterocycles. The van der Waals surface area contributed by atoms with Gasteiger partial charge in [-0.15, -0.1) is 11.3 Å². The fourth-order valence-corrected chi connectivity index (χ4v) is 6.43. The summed E-state index contributed by atoms with van der Waals surface area (Å²) in [5.74, 6) is -0.0633. The lowest BCUT2D eigenvalue weighted by Gasteiger charge is -2.22. The maximum atomic E-state index is 13.8. The predicted octanol–water partition coefficient (Wildman–Crippen LogP) is 7.36. The molecule has 0 aliphatic rings. The van der Waals surface area contributed by atoms with Crippen LogP contribution in [0.1, 0.15) is 26.4 Å². The van der Waals surface area contributed by atoms with Gasteiger partial charge in [0.05, 0.1) is 23.4 Å². The Morgan fingerprint density at radius 1 is 0.744 bits per heavy atom. The number of nitrogens with zero attached hydrogens (tertiary/aromatic N) is 2. The van der Waals surface area contributed by atoms with Gasteiger partial charge in [-0.2, -0.15) is 0 Å². The molecule has 0 saturated heterocycles. The molecule has 39 heavy (non-hydrogen) atoms. The Bertz CT molecular complexity index is 1650. The van der Waals surface area contributed by atoms with Crippen LogP contribution in [-0.4, -0.2) is 25.5 Å². The van der Waals surface area contributed by atoms with E-state index in [1.807, 2.05) is 95.9 Å². The summed E-state index contributed by atoms with van der Waals surface area (Å²) in [7, 11) is -3.56. The number of sulfonamides is 1. The molecule has 198 valence electrons. The van der Waals surface area contributed by atoms with Gasteiger partial charge in [0.15, 0.2) is 0 Å². The quantitative estimate of drug-likeness (QED) is 0.185. The molecule has 0 aliphatic carbocycles. The summed E-state index contributed by atoms with van der Waals surface area (Å²) < 4.78 is 27.7. The van der Waals surface area contributed by atoms with Crippen molar-refractivity contribution < 1.29 is 13.2 Å². The van der Waals surface area contributed by atoms with E-state index in [1.165, 1.54) is 21.9 Å². The van der Waals surface area contributed by atoms with Crippen molar-refractivity contribution in [3.63, 3.8) is 0 Å². The predicted molar refractivity (Wildman–Crippen MR) is 161 cm³/mol. The first-order valence-corrected chi connectivity index (χ1v) is 15.4. The fraction of sp³-hybridized carbons (Fsp3) is 0.129. The van der Waals surface area contributed by atoms with Gasteiger partial charge in [-0.05, 0) is 58.5 Å². The number of hydrogen-bond acceptors (Lipinski definition) is 4. The summed E-state index contributed by atoms with van der Waals surface area (Å²) in [6.45, 7) is 1.15. The summed E-state index contributed by atoms with van der Waals surface area (Å²) in [5, 5.41) is 1.42. The Balaban J connectivity index is 1.45. The second-order valence-corrected chi connectivity index (χ2v) is 12.8. The molecule has 0 atom stereocenters. The Kier molecular flexibility index (Phi) is 8.02. The molecule has 0 fully saturated rings. The van der Waals surface area contributed by atoms with Gasteiger partial charge in [-0.1, -0.05) is 84.4 Å². The van der Waals surface area contributed by atoms with Crippen molar-refractivity contribution in [1.82, 2.24) is 4.90 Å². The average molecular weight is 575 g/mol. The fourth-order valence-electron chi connectivity index (χ4n) is 4.41. The van der Waals surface area contributed by atoms with E-state index in [0.29, 0.717) is 28.7 Å². The Labute approximate surface area is 237 Å². The monoisotopic (exact) mass is 574 g/mol. The zero-order valence-electron chi connectivity index (χ0n) is 21.3. The van der Waals surface area contributed by atoms with E-state index in [-0.39, 0.29) is 12.5 Å². The van der Waals surface area contributed by atoms with Crippen molar-refractivity contribution in [1.29, 1.82) is 0 Å². The summed E-state index contributed by atoms with van der Waals surface area (Å²) >= 11 is 7.41. The van der Waals surface area contributed by atoms with Gasteiger partial charge in [-0.3, -0.25) is 9.10 Å². The van der Waals surface area contributed by atoms with Crippen molar-refractivity contribution in [2.75, 3.05) is 10.6 Å². The third kappa shape index (κ3) is 6.68. The van der Waals surface area contributed by atoms with Crippen LogP contribution in [0, 0.1) is 0 Å². The minimum Gasteiger partial charge on any atom is -0.329 e. The van der Waals surface area contributed by atoms with E-state index < -0.39 is 10.0 Å². The molecule has 0 bridgehead atoms. The highest BCUT2D eigenvalue weighted by Gasteiger charge is 2.22. The Morgan fingerprint density at radius 3 is 1.87 bits per heavy atom. The number of thiophene rings is 1. The molecule has 8 heteroatoms. The number of anilines is 1. The van der Waals surface area contributed by atoms with E-state index in [2.05, 4.69) is 0 Å². The van der Waals surface area contributed by atoms with Gasteiger partial charge in [-0.25, -0.2) is 8.42 Å². The first-order valence-electron chi connectivity index (χ1n) is 12.4. The van der Waals surface area contributed by atoms with Crippen molar-refractivity contribution in [3.05, 3.63) is 136 Å². The molecule has 0 spiro atoms. The minimum atomic E-state index is -3.56. The van der Waals surface area contributed by atoms with Gasteiger partial charge < -0.3 is 4.90 Å². The molecule has 0 N–H and O–H groups in total.